The normalized spacial score (nSPS) is 13.8. The molecule has 1 aromatic heterocycles. The molecular formula is C23H31N5O3S. The summed E-state index contributed by atoms with van der Waals surface area (Å²) in [5.74, 6) is -0.591. The molecule has 1 aromatic carbocycles. The van der Waals surface area contributed by atoms with Crippen LogP contribution in [0.5, 0.6) is 0 Å². The third kappa shape index (κ3) is 7.13. The smallest absolute Gasteiger partial charge is 0.254 e. The Morgan fingerprint density at radius 3 is 2.53 bits per heavy atom. The molecule has 0 bridgehead atoms. The first-order valence-electron chi connectivity index (χ1n) is 11.0. The lowest BCUT2D eigenvalue weighted by Crippen LogP contribution is -2.42. The molecular weight excluding hydrogens is 426 g/mol. The molecule has 3 rings (SSSR count). The number of aromatic nitrogens is 1. The van der Waals surface area contributed by atoms with Gasteiger partial charge in [0, 0.05) is 30.1 Å². The third-order valence-corrected chi connectivity index (χ3v) is 6.11. The molecule has 172 valence electrons. The van der Waals surface area contributed by atoms with Crippen LogP contribution in [-0.2, 0) is 16.0 Å². The fourth-order valence-electron chi connectivity index (χ4n) is 3.58. The summed E-state index contributed by atoms with van der Waals surface area (Å²) in [5.41, 5.74) is 1.16. The third-order valence-electron chi connectivity index (χ3n) is 5.31. The molecule has 0 saturated carbocycles. The maximum absolute atomic E-state index is 12.8. The summed E-state index contributed by atoms with van der Waals surface area (Å²) in [6.45, 7) is 7.39. The Hall–Kier alpha value is -2.78. The lowest BCUT2D eigenvalue weighted by molar-refractivity contribution is -0.120. The van der Waals surface area contributed by atoms with Gasteiger partial charge >= 0.3 is 0 Å². The molecule has 0 unspecified atom stereocenters. The van der Waals surface area contributed by atoms with Crippen molar-refractivity contribution in [3.8, 4) is 0 Å². The maximum Gasteiger partial charge on any atom is 0.254 e. The first-order chi connectivity index (χ1) is 15.4. The molecule has 0 aliphatic carbocycles. The molecule has 8 nitrogen and oxygen atoms in total. The van der Waals surface area contributed by atoms with Gasteiger partial charge in [-0.05, 0) is 51.9 Å². The Morgan fingerprint density at radius 1 is 1.12 bits per heavy atom. The molecule has 3 amide bonds. The highest BCUT2D eigenvalue weighted by Gasteiger charge is 2.22. The number of hydrogen-bond donors (Lipinski definition) is 2. The van der Waals surface area contributed by atoms with E-state index in [1.807, 2.05) is 19.9 Å². The van der Waals surface area contributed by atoms with Gasteiger partial charge in [0.15, 0.2) is 5.13 Å². The summed E-state index contributed by atoms with van der Waals surface area (Å²) in [4.78, 5) is 45.7. The van der Waals surface area contributed by atoms with Crippen molar-refractivity contribution in [1.82, 2.24) is 20.1 Å². The number of nitrogens with zero attached hydrogens (tertiary/aromatic N) is 3. The Bertz CT molecular complexity index is 909. The number of rotatable bonds is 10. The van der Waals surface area contributed by atoms with E-state index >= 15 is 0 Å². The Morgan fingerprint density at radius 2 is 1.84 bits per heavy atom. The monoisotopic (exact) mass is 457 g/mol. The van der Waals surface area contributed by atoms with Gasteiger partial charge in [0.25, 0.3) is 5.91 Å². The van der Waals surface area contributed by atoms with Gasteiger partial charge in [0.05, 0.1) is 12.1 Å². The van der Waals surface area contributed by atoms with Gasteiger partial charge in [0.2, 0.25) is 11.8 Å². The molecule has 0 radical (unpaired) electrons. The van der Waals surface area contributed by atoms with E-state index in [2.05, 4.69) is 20.5 Å². The highest BCUT2D eigenvalue weighted by Crippen LogP contribution is 2.16. The van der Waals surface area contributed by atoms with E-state index in [0.29, 0.717) is 22.9 Å². The van der Waals surface area contributed by atoms with Gasteiger partial charge in [0.1, 0.15) is 6.54 Å². The van der Waals surface area contributed by atoms with Crippen LogP contribution in [0.2, 0.25) is 0 Å². The average molecular weight is 458 g/mol. The number of benzene rings is 1. The molecule has 9 heteroatoms. The van der Waals surface area contributed by atoms with Crippen molar-refractivity contribution in [2.24, 2.45) is 0 Å². The van der Waals surface area contributed by atoms with Crippen molar-refractivity contribution in [3.63, 3.8) is 0 Å². The highest BCUT2D eigenvalue weighted by atomic mass is 32.1. The lowest BCUT2D eigenvalue weighted by Gasteiger charge is -2.26. The summed E-state index contributed by atoms with van der Waals surface area (Å²) in [6, 6.07) is 8.77. The first kappa shape index (κ1) is 23.9. The van der Waals surface area contributed by atoms with E-state index in [1.54, 1.807) is 29.6 Å². The highest BCUT2D eigenvalue weighted by molar-refractivity contribution is 7.13. The number of carbonyl (C=O) groups excluding carboxylic acids is 3. The van der Waals surface area contributed by atoms with Gasteiger partial charge in [-0.25, -0.2) is 4.98 Å². The molecule has 2 aromatic rings. The summed E-state index contributed by atoms with van der Waals surface area (Å²) in [7, 11) is 0. The zero-order valence-corrected chi connectivity index (χ0v) is 19.5. The fourth-order valence-corrected chi connectivity index (χ4v) is 4.31. The van der Waals surface area contributed by atoms with Crippen molar-refractivity contribution >= 4 is 34.2 Å². The molecule has 1 aliphatic heterocycles. The Balaban J connectivity index is 1.46. The molecule has 2 N–H and O–H groups in total. The van der Waals surface area contributed by atoms with Crippen molar-refractivity contribution in [2.75, 3.05) is 38.0 Å². The molecule has 2 heterocycles. The average Bonchev–Trinajstić information content (AvgIpc) is 3.44. The minimum Gasteiger partial charge on any atom is -0.354 e. The van der Waals surface area contributed by atoms with E-state index in [0.717, 1.165) is 19.6 Å². The quantitative estimate of drug-likeness (QED) is 0.571. The molecule has 1 saturated heterocycles. The van der Waals surface area contributed by atoms with Crippen LogP contribution in [0.1, 0.15) is 42.7 Å². The number of hydrogen-bond acceptors (Lipinski definition) is 6. The first-order valence-corrected chi connectivity index (χ1v) is 11.9. The van der Waals surface area contributed by atoms with Crippen LogP contribution in [-0.4, -0.2) is 71.3 Å². The molecule has 0 spiro atoms. The van der Waals surface area contributed by atoms with Crippen molar-refractivity contribution in [2.45, 2.75) is 39.2 Å². The van der Waals surface area contributed by atoms with Crippen molar-refractivity contribution in [1.29, 1.82) is 0 Å². The van der Waals surface area contributed by atoms with Crippen molar-refractivity contribution < 1.29 is 14.4 Å². The van der Waals surface area contributed by atoms with Gasteiger partial charge in [-0.3, -0.25) is 14.4 Å². The second kappa shape index (κ2) is 11.7. The topological polar surface area (TPSA) is 94.6 Å². The van der Waals surface area contributed by atoms with Crippen LogP contribution in [0, 0.1) is 0 Å². The van der Waals surface area contributed by atoms with Gasteiger partial charge in [-0.2, -0.15) is 0 Å². The van der Waals surface area contributed by atoms with E-state index in [4.69, 9.17) is 0 Å². The minimum atomic E-state index is -0.320. The maximum atomic E-state index is 12.8. The summed E-state index contributed by atoms with van der Waals surface area (Å²) < 4.78 is 0. The SMILES string of the molecule is CC(C)N(CC(=O)Nc1nc(CC(=O)NCCN2CCCC2)cs1)C(=O)c1ccccc1. The van der Waals surface area contributed by atoms with Gasteiger partial charge in [-0.15, -0.1) is 11.3 Å². The summed E-state index contributed by atoms with van der Waals surface area (Å²) >= 11 is 1.27. The standard InChI is InChI=1S/C23H31N5O3S/c1-17(2)28(22(31)18-8-4-3-5-9-18)15-21(30)26-23-25-19(16-32-23)14-20(29)24-10-13-27-11-6-7-12-27/h3-5,8-9,16-17H,6-7,10-15H2,1-2H3,(H,24,29)(H,25,26,30). The number of nitrogens with one attached hydrogen (secondary N) is 2. The number of carbonyl (C=O) groups is 3. The number of thiazole rings is 1. The van der Waals surface area contributed by atoms with Crippen LogP contribution >= 0.6 is 11.3 Å². The largest absolute Gasteiger partial charge is 0.354 e. The molecule has 1 aliphatic rings. The Kier molecular flexibility index (Phi) is 8.75. The van der Waals surface area contributed by atoms with Crippen molar-refractivity contribution in [3.05, 3.63) is 47.0 Å². The Labute approximate surface area is 193 Å². The van der Waals surface area contributed by atoms with E-state index in [9.17, 15) is 14.4 Å². The lowest BCUT2D eigenvalue weighted by atomic mass is 10.1. The van der Waals surface area contributed by atoms with Gasteiger partial charge < -0.3 is 20.4 Å². The minimum absolute atomic E-state index is 0.0721. The van der Waals surface area contributed by atoms with Crippen LogP contribution in [0.3, 0.4) is 0 Å². The van der Waals surface area contributed by atoms with Crippen LogP contribution in [0.4, 0.5) is 5.13 Å². The van der Waals surface area contributed by atoms with Crippen LogP contribution in [0.15, 0.2) is 35.7 Å². The predicted octanol–water partition coefficient (Wildman–Crippen LogP) is 2.39. The van der Waals surface area contributed by atoms with Crippen LogP contribution < -0.4 is 10.6 Å². The molecule has 32 heavy (non-hydrogen) atoms. The van der Waals surface area contributed by atoms with E-state index in [-0.39, 0.29) is 36.7 Å². The van der Waals surface area contributed by atoms with Gasteiger partial charge in [-0.1, -0.05) is 18.2 Å². The molecule has 1 fully saturated rings. The predicted molar refractivity (Wildman–Crippen MR) is 126 cm³/mol. The number of amides is 3. The second-order valence-corrected chi connectivity index (χ2v) is 9.02. The summed E-state index contributed by atoms with van der Waals surface area (Å²) in [5, 5.41) is 7.86. The van der Waals surface area contributed by atoms with Crippen LogP contribution in [0.25, 0.3) is 0 Å². The zero-order chi connectivity index (χ0) is 22.9. The second-order valence-electron chi connectivity index (χ2n) is 8.16. The summed E-state index contributed by atoms with van der Waals surface area (Å²) in [6.07, 6.45) is 2.64. The zero-order valence-electron chi connectivity index (χ0n) is 18.7. The number of anilines is 1. The fraction of sp³-hybridized carbons (Fsp3) is 0.478. The van der Waals surface area contributed by atoms with E-state index < -0.39 is 0 Å². The molecule has 0 atom stereocenters. The van der Waals surface area contributed by atoms with E-state index in [1.165, 1.54) is 29.1 Å². The number of likely N-dealkylation sites (tertiary alicyclic amines) is 1.